The van der Waals surface area contributed by atoms with E-state index in [1.54, 1.807) is 0 Å². The number of hydrogen-bond donors (Lipinski definition) is 0. The van der Waals surface area contributed by atoms with Crippen LogP contribution in [0.5, 0.6) is 0 Å². The first-order chi connectivity index (χ1) is 20.2. The molecule has 0 aromatic heterocycles. The molecule has 0 fully saturated rings. The number of benzene rings is 5. The van der Waals surface area contributed by atoms with Crippen molar-refractivity contribution in [2.24, 2.45) is 0 Å². The van der Waals surface area contributed by atoms with Gasteiger partial charge in [-0.3, -0.25) is 0 Å². The van der Waals surface area contributed by atoms with Crippen molar-refractivity contribution in [3.63, 3.8) is 0 Å². The molecule has 0 amide bonds. The molecule has 0 aliphatic carbocycles. The average molecular weight is 588 g/mol. The molecule has 1 nitrogen and oxygen atoms in total. The number of para-hydroxylation sites is 1. The van der Waals surface area contributed by atoms with E-state index in [0.717, 1.165) is 6.42 Å². The molecule has 0 bridgehead atoms. The van der Waals surface area contributed by atoms with Crippen molar-refractivity contribution in [1.29, 1.82) is 0 Å². The van der Waals surface area contributed by atoms with E-state index in [4.69, 9.17) is 0 Å². The van der Waals surface area contributed by atoms with Gasteiger partial charge in [-0.1, -0.05) is 109 Å². The number of hydrogen-bond acceptors (Lipinski definition) is 1. The van der Waals surface area contributed by atoms with Crippen molar-refractivity contribution in [2.75, 3.05) is 4.44 Å². The van der Waals surface area contributed by atoms with Gasteiger partial charge in [0.15, 0.2) is 0 Å². The zero-order valence-electron chi connectivity index (χ0n) is 26.4. The molecular weight excluding hydrogens is 544 g/mol. The molecule has 0 spiro atoms. The predicted molar refractivity (Wildman–Crippen MR) is 190 cm³/mol. The summed E-state index contributed by atoms with van der Waals surface area (Å²) < 4.78 is 2.86. The van der Waals surface area contributed by atoms with Crippen molar-refractivity contribution in [3.8, 4) is 0 Å². The van der Waals surface area contributed by atoms with E-state index in [-0.39, 0.29) is 0 Å². The fraction of sp³-hybridized carbons (Fsp3) is 0.231. The van der Waals surface area contributed by atoms with Gasteiger partial charge in [0.25, 0.3) is 0 Å². The van der Waals surface area contributed by atoms with E-state index in [0.29, 0.717) is 0 Å². The van der Waals surface area contributed by atoms with Crippen molar-refractivity contribution >= 4 is 43.1 Å². The van der Waals surface area contributed by atoms with Crippen LogP contribution in [-0.2, 0) is 6.42 Å². The molecule has 0 saturated heterocycles. The number of anilines is 1. The fourth-order valence-electron chi connectivity index (χ4n) is 5.40. The third-order valence-electron chi connectivity index (χ3n) is 8.31. The Balaban J connectivity index is 1.91. The molecule has 0 radical (unpaired) electrons. The minimum atomic E-state index is -0.919. The minimum absolute atomic E-state index is 0.919. The third-order valence-corrected chi connectivity index (χ3v) is 13.6. The van der Waals surface area contributed by atoms with E-state index < -0.39 is 16.1 Å². The number of aryl methyl sites for hydroxylation is 8. The lowest BCUT2D eigenvalue weighted by atomic mass is 10.1. The highest BCUT2D eigenvalue weighted by atomic mass is 31.2. The first kappa shape index (κ1) is 30.2. The number of nitrogens with zero attached hydrogens (tertiary/aromatic N) is 1. The van der Waals surface area contributed by atoms with Gasteiger partial charge < -0.3 is 4.44 Å². The van der Waals surface area contributed by atoms with Crippen LogP contribution in [0.2, 0.25) is 0 Å². The van der Waals surface area contributed by atoms with Crippen LogP contribution < -0.4 is 25.7 Å². The topological polar surface area (TPSA) is 3.24 Å². The highest BCUT2D eigenvalue weighted by Crippen LogP contribution is 2.58. The summed E-state index contributed by atoms with van der Waals surface area (Å²) in [6, 6.07) is 39.8. The largest absolute Gasteiger partial charge is 0.312 e. The van der Waals surface area contributed by atoms with E-state index >= 15 is 0 Å². The molecule has 214 valence electrons. The Kier molecular flexibility index (Phi) is 9.32. The number of rotatable bonds is 8. The zero-order chi connectivity index (χ0) is 30.0. The van der Waals surface area contributed by atoms with Gasteiger partial charge in [-0.05, 0) is 100 Å². The Hall–Kier alpha value is -3.24. The van der Waals surface area contributed by atoms with Crippen LogP contribution in [0.4, 0.5) is 5.69 Å². The van der Waals surface area contributed by atoms with Crippen LogP contribution in [0.25, 0.3) is 0 Å². The fourth-order valence-corrected chi connectivity index (χ4v) is 11.7. The van der Waals surface area contributed by atoms with E-state index in [2.05, 4.69) is 163 Å². The van der Waals surface area contributed by atoms with Gasteiger partial charge in [-0.25, -0.2) is 0 Å². The summed E-state index contributed by atoms with van der Waals surface area (Å²) >= 11 is 0. The SMILES string of the molecule is CCc1cccc(C)c1N(P(c1ccc(C)cc1)c1ccc(C)c(C)c1)P(c1ccc(C)cc1)c1ccc(C)c(C)c1. The van der Waals surface area contributed by atoms with Gasteiger partial charge in [0.1, 0.15) is 0 Å². The smallest absolute Gasteiger partial charge is 0.0591 e. The van der Waals surface area contributed by atoms with Crippen molar-refractivity contribution in [1.82, 2.24) is 0 Å². The summed E-state index contributed by atoms with van der Waals surface area (Å²) in [4.78, 5) is 0. The Morgan fingerprint density at radius 2 is 0.881 bits per heavy atom. The van der Waals surface area contributed by atoms with Gasteiger partial charge in [0.05, 0.1) is 21.8 Å². The summed E-state index contributed by atoms with van der Waals surface area (Å²) in [6.07, 6.45) is 0.988. The van der Waals surface area contributed by atoms with Gasteiger partial charge >= 0.3 is 0 Å². The van der Waals surface area contributed by atoms with Crippen LogP contribution in [-0.4, -0.2) is 0 Å². The van der Waals surface area contributed by atoms with Crippen molar-refractivity contribution in [3.05, 3.63) is 148 Å². The maximum Gasteiger partial charge on any atom is 0.0591 e. The lowest BCUT2D eigenvalue weighted by Gasteiger charge is -2.42. The van der Waals surface area contributed by atoms with Crippen LogP contribution in [0.1, 0.15) is 51.4 Å². The van der Waals surface area contributed by atoms with Gasteiger partial charge in [0, 0.05) is 21.2 Å². The molecule has 2 unspecified atom stereocenters. The molecule has 42 heavy (non-hydrogen) atoms. The van der Waals surface area contributed by atoms with E-state index in [9.17, 15) is 0 Å². The average Bonchev–Trinajstić information content (AvgIpc) is 2.98. The first-order valence-electron chi connectivity index (χ1n) is 14.9. The summed E-state index contributed by atoms with van der Waals surface area (Å²) in [5, 5.41) is 5.55. The Bertz CT molecular complexity index is 1580. The van der Waals surface area contributed by atoms with E-state index in [1.165, 1.54) is 71.4 Å². The maximum absolute atomic E-state index is 2.86. The van der Waals surface area contributed by atoms with Crippen LogP contribution in [0.3, 0.4) is 0 Å². The van der Waals surface area contributed by atoms with E-state index in [1.807, 2.05) is 0 Å². The first-order valence-corrected chi connectivity index (χ1v) is 17.5. The highest BCUT2D eigenvalue weighted by molar-refractivity contribution is 7.90. The molecule has 0 N–H and O–H groups in total. The van der Waals surface area contributed by atoms with Gasteiger partial charge in [-0.15, -0.1) is 0 Å². The molecule has 0 aliphatic rings. The Labute approximate surface area is 256 Å². The van der Waals surface area contributed by atoms with Crippen LogP contribution >= 0.6 is 16.1 Å². The van der Waals surface area contributed by atoms with Crippen molar-refractivity contribution in [2.45, 2.75) is 61.8 Å². The van der Waals surface area contributed by atoms with Crippen molar-refractivity contribution < 1.29 is 0 Å². The minimum Gasteiger partial charge on any atom is -0.312 e. The molecule has 5 aromatic rings. The summed E-state index contributed by atoms with van der Waals surface area (Å²) in [5.41, 5.74) is 12.1. The molecule has 2 atom stereocenters. The molecule has 0 heterocycles. The monoisotopic (exact) mass is 587 g/mol. The third kappa shape index (κ3) is 6.24. The molecule has 3 heteroatoms. The Morgan fingerprint density at radius 3 is 1.29 bits per heavy atom. The molecular formula is C39H43NP2. The second kappa shape index (κ2) is 13.0. The lowest BCUT2D eigenvalue weighted by Crippen LogP contribution is -2.33. The quantitative estimate of drug-likeness (QED) is 0.164. The lowest BCUT2D eigenvalue weighted by molar-refractivity contribution is 1.13. The van der Waals surface area contributed by atoms with Crippen LogP contribution in [0, 0.1) is 48.5 Å². The second-order valence-corrected chi connectivity index (χ2v) is 16.0. The summed E-state index contributed by atoms with van der Waals surface area (Å²) in [7, 11) is -1.84. The summed E-state index contributed by atoms with van der Waals surface area (Å²) in [5.74, 6) is 0. The Morgan fingerprint density at radius 1 is 0.452 bits per heavy atom. The zero-order valence-corrected chi connectivity index (χ0v) is 28.2. The summed E-state index contributed by atoms with van der Waals surface area (Å²) in [6.45, 7) is 17.9. The van der Waals surface area contributed by atoms with Gasteiger partial charge in [-0.2, -0.15) is 0 Å². The highest BCUT2D eigenvalue weighted by Gasteiger charge is 2.34. The standard InChI is InChI=1S/C39H43NP2/c1-9-34-12-10-11-31(6)39(34)40(41(35-19-13-27(2)14-20-35)37-23-17-29(4)32(7)25-37)42(36-21-15-28(3)16-22-36)38-24-18-30(5)33(8)26-38/h10-26H,9H2,1-8H3. The maximum atomic E-state index is 2.86. The predicted octanol–water partition coefficient (Wildman–Crippen LogP) is 9.31. The normalized spacial score (nSPS) is 12.7. The molecule has 0 saturated carbocycles. The molecule has 0 aliphatic heterocycles. The second-order valence-electron chi connectivity index (χ2n) is 11.6. The molecule has 5 aromatic carbocycles. The van der Waals surface area contributed by atoms with Gasteiger partial charge in [0.2, 0.25) is 0 Å². The van der Waals surface area contributed by atoms with Crippen LogP contribution in [0.15, 0.2) is 103 Å². The molecule has 5 rings (SSSR count).